The van der Waals surface area contributed by atoms with Crippen LogP contribution in [0, 0.1) is 0 Å². The lowest BCUT2D eigenvalue weighted by molar-refractivity contribution is 0.600. The van der Waals surface area contributed by atoms with E-state index in [1.165, 1.54) is 0 Å². The average molecular weight is 511 g/mol. The lowest BCUT2D eigenvalue weighted by Crippen LogP contribution is -2.14. The van der Waals surface area contributed by atoms with Gasteiger partial charge in [-0.25, -0.2) is 8.42 Å². The van der Waals surface area contributed by atoms with Crippen LogP contribution < -0.4 is 4.72 Å². The van der Waals surface area contributed by atoms with Crippen molar-refractivity contribution in [1.82, 2.24) is 9.78 Å². The third-order valence-corrected chi connectivity index (χ3v) is 6.96. The molecule has 0 aliphatic carbocycles. The fourth-order valence-electron chi connectivity index (χ4n) is 2.89. The molecule has 0 unspecified atom stereocenters. The summed E-state index contributed by atoms with van der Waals surface area (Å²) < 4.78 is 30.4. The molecule has 148 valence electrons. The van der Waals surface area contributed by atoms with E-state index in [1.807, 2.05) is 30.3 Å². The molecule has 1 aromatic heterocycles. The van der Waals surface area contributed by atoms with Crippen LogP contribution in [0.5, 0.6) is 0 Å². The van der Waals surface area contributed by atoms with Crippen molar-refractivity contribution in [2.24, 2.45) is 0 Å². The number of fused-ring (bicyclic) bond motifs is 1. The normalized spacial score (nSPS) is 11.7. The molecule has 29 heavy (non-hydrogen) atoms. The fourth-order valence-corrected chi connectivity index (χ4v) is 4.81. The van der Waals surface area contributed by atoms with Gasteiger partial charge in [-0.15, -0.1) is 0 Å². The van der Waals surface area contributed by atoms with Gasteiger partial charge in [0.05, 0.1) is 26.0 Å². The van der Waals surface area contributed by atoms with Gasteiger partial charge in [-0.1, -0.05) is 59.6 Å². The number of anilines is 1. The van der Waals surface area contributed by atoms with E-state index < -0.39 is 10.0 Å². The number of rotatable bonds is 5. The molecular formula is C20H14BrCl2N3O2S. The van der Waals surface area contributed by atoms with Crippen molar-refractivity contribution >= 4 is 65.7 Å². The third kappa shape index (κ3) is 4.43. The Bertz CT molecular complexity index is 1320. The highest BCUT2D eigenvalue weighted by atomic mass is 79.9. The lowest BCUT2D eigenvalue weighted by atomic mass is 10.1. The largest absolute Gasteiger partial charge is 0.265 e. The molecule has 0 radical (unpaired) electrons. The van der Waals surface area contributed by atoms with Crippen LogP contribution in [0.25, 0.3) is 10.8 Å². The average Bonchev–Trinajstić information content (AvgIpc) is 3.02. The highest BCUT2D eigenvalue weighted by Gasteiger charge is 2.18. The minimum absolute atomic E-state index is 0.169. The summed E-state index contributed by atoms with van der Waals surface area (Å²) in [6.45, 7) is 0.410. The first kappa shape index (κ1) is 20.2. The Balaban J connectivity index is 1.59. The van der Waals surface area contributed by atoms with E-state index in [0.717, 1.165) is 16.3 Å². The van der Waals surface area contributed by atoms with E-state index in [4.69, 9.17) is 23.2 Å². The maximum absolute atomic E-state index is 12.8. The van der Waals surface area contributed by atoms with Crippen LogP contribution in [0.1, 0.15) is 5.56 Å². The first-order valence-electron chi connectivity index (χ1n) is 8.50. The van der Waals surface area contributed by atoms with Crippen LogP contribution in [-0.2, 0) is 16.6 Å². The van der Waals surface area contributed by atoms with Gasteiger partial charge in [0, 0.05) is 6.20 Å². The van der Waals surface area contributed by atoms with Crippen LogP contribution in [-0.4, -0.2) is 18.2 Å². The van der Waals surface area contributed by atoms with Gasteiger partial charge < -0.3 is 0 Å². The molecule has 4 aromatic rings. The minimum Gasteiger partial charge on any atom is -0.265 e. The van der Waals surface area contributed by atoms with Crippen LogP contribution in [0.15, 0.2) is 76.2 Å². The summed E-state index contributed by atoms with van der Waals surface area (Å²) in [5, 5.41) is 7.08. The molecule has 3 aromatic carbocycles. The minimum atomic E-state index is -3.79. The second-order valence-corrected chi connectivity index (χ2v) is 9.74. The Labute approximate surface area is 186 Å². The molecular weight excluding hydrogens is 497 g/mol. The monoisotopic (exact) mass is 509 g/mol. The number of aromatic nitrogens is 2. The Hall–Kier alpha value is -2.06. The number of nitrogens with one attached hydrogen (secondary N) is 1. The second-order valence-electron chi connectivity index (χ2n) is 6.39. The van der Waals surface area contributed by atoms with Gasteiger partial charge in [0.15, 0.2) is 5.82 Å². The smallest absolute Gasteiger partial charge is 0.263 e. The number of halogens is 3. The standard InChI is InChI=1S/C20H14BrCl2N3O2S/c21-17-12-26(11-13-5-8-18(22)19(23)9-13)24-20(17)25-29(27,28)16-7-6-14-3-1-2-4-15(14)10-16/h1-10,12H,11H2,(H,24,25). The molecule has 9 heteroatoms. The molecule has 1 N–H and O–H groups in total. The Morgan fingerprint density at radius 1 is 0.966 bits per heavy atom. The van der Waals surface area contributed by atoms with E-state index in [2.05, 4.69) is 25.8 Å². The zero-order valence-electron chi connectivity index (χ0n) is 14.8. The summed E-state index contributed by atoms with van der Waals surface area (Å²) in [6.07, 6.45) is 1.70. The van der Waals surface area contributed by atoms with E-state index in [0.29, 0.717) is 21.1 Å². The zero-order valence-corrected chi connectivity index (χ0v) is 18.7. The maximum atomic E-state index is 12.8. The number of benzene rings is 3. The van der Waals surface area contributed by atoms with Crippen LogP contribution >= 0.6 is 39.1 Å². The van der Waals surface area contributed by atoms with E-state index >= 15 is 0 Å². The zero-order chi connectivity index (χ0) is 20.6. The van der Waals surface area contributed by atoms with Crippen molar-refractivity contribution < 1.29 is 8.42 Å². The molecule has 0 bridgehead atoms. The Morgan fingerprint density at radius 2 is 1.72 bits per heavy atom. The van der Waals surface area contributed by atoms with Crippen molar-refractivity contribution in [3.63, 3.8) is 0 Å². The molecule has 0 spiro atoms. The molecule has 0 fully saturated rings. The van der Waals surface area contributed by atoms with Gasteiger partial charge in [-0.3, -0.25) is 9.40 Å². The summed E-state index contributed by atoms with van der Waals surface area (Å²) >= 11 is 15.4. The SMILES string of the molecule is O=S(=O)(Nc1nn(Cc2ccc(Cl)c(Cl)c2)cc1Br)c1ccc2ccccc2c1. The molecule has 0 aliphatic heterocycles. The lowest BCUT2D eigenvalue weighted by Gasteiger charge is -2.07. The highest BCUT2D eigenvalue weighted by Crippen LogP contribution is 2.27. The molecule has 0 atom stereocenters. The van der Waals surface area contributed by atoms with Crippen LogP contribution in [0.4, 0.5) is 5.82 Å². The molecule has 4 rings (SSSR count). The maximum Gasteiger partial charge on any atom is 0.263 e. The van der Waals surface area contributed by atoms with Crippen LogP contribution in [0.2, 0.25) is 10.0 Å². The van der Waals surface area contributed by atoms with Gasteiger partial charge in [0.1, 0.15) is 0 Å². The number of hydrogen-bond donors (Lipinski definition) is 1. The predicted octanol–water partition coefficient (Wildman–Crippen LogP) is 5.95. The fraction of sp³-hybridized carbons (Fsp3) is 0.0500. The summed E-state index contributed by atoms with van der Waals surface area (Å²) in [5.41, 5.74) is 0.887. The Kier molecular flexibility index (Phi) is 5.57. The van der Waals surface area contributed by atoms with Gasteiger partial charge >= 0.3 is 0 Å². The molecule has 0 saturated heterocycles. The molecule has 1 heterocycles. The van der Waals surface area contributed by atoms with Crippen molar-refractivity contribution in [3.8, 4) is 0 Å². The first-order chi connectivity index (χ1) is 13.8. The first-order valence-corrected chi connectivity index (χ1v) is 11.5. The number of nitrogens with zero attached hydrogens (tertiary/aromatic N) is 2. The second kappa shape index (κ2) is 7.99. The van der Waals surface area contributed by atoms with E-state index in [1.54, 1.807) is 41.2 Å². The van der Waals surface area contributed by atoms with Gasteiger partial charge in [0.25, 0.3) is 10.0 Å². The van der Waals surface area contributed by atoms with Crippen molar-refractivity contribution in [1.29, 1.82) is 0 Å². The van der Waals surface area contributed by atoms with Crippen molar-refractivity contribution in [2.45, 2.75) is 11.4 Å². The van der Waals surface area contributed by atoms with Crippen molar-refractivity contribution in [2.75, 3.05) is 4.72 Å². The number of hydrogen-bond acceptors (Lipinski definition) is 3. The summed E-state index contributed by atoms with van der Waals surface area (Å²) in [5.74, 6) is 0.207. The van der Waals surface area contributed by atoms with Gasteiger partial charge in [-0.05, 0) is 56.5 Å². The van der Waals surface area contributed by atoms with Crippen LogP contribution in [0.3, 0.4) is 0 Å². The van der Waals surface area contributed by atoms with Gasteiger partial charge in [0.2, 0.25) is 0 Å². The Morgan fingerprint density at radius 3 is 2.48 bits per heavy atom. The van der Waals surface area contributed by atoms with E-state index in [-0.39, 0.29) is 10.7 Å². The molecule has 0 saturated carbocycles. The molecule has 0 amide bonds. The summed E-state index contributed by atoms with van der Waals surface area (Å²) in [4.78, 5) is 0.169. The molecule has 0 aliphatic rings. The predicted molar refractivity (Wildman–Crippen MR) is 120 cm³/mol. The quantitative estimate of drug-likeness (QED) is 0.360. The summed E-state index contributed by atoms with van der Waals surface area (Å²) in [7, 11) is -3.79. The summed E-state index contributed by atoms with van der Waals surface area (Å²) in [6, 6.07) is 17.9. The van der Waals surface area contributed by atoms with Gasteiger partial charge in [-0.2, -0.15) is 5.10 Å². The van der Waals surface area contributed by atoms with E-state index in [9.17, 15) is 8.42 Å². The van der Waals surface area contributed by atoms with Crippen molar-refractivity contribution in [3.05, 3.63) is 86.9 Å². The molecule has 5 nitrogen and oxygen atoms in total. The highest BCUT2D eigenvalue weighted by molar-refractivity contribution is 9.10. The number of sulfonamides is 1. The topological polar surface area (TPSA) is 64.0 Å². The third-order valence-electron chi connectivity index (χ3n) is 4.31.